The van der Waals surface area contributed by atoms with Gasteiger partial charge in [-0.1, -0.05) is 38.1 Å². The van der Waals surface area contributed by atoms with E-state index in [0.29, 0.717) is 155 Å². The Kier molecular flexibility index (Phi) is 38.0. The van der Waals surface area contributed by atoms with Gasteiger partial charge in [0.15, 0.2) is 0 Å². The number of ether oxygens (including phenoxy) is 13. The lowest BCUT2D eigenvalue weighted by Gasteiger charge is -2.30. The van der Waals surface area contributed by atoms with Gasteiger partial charge in [0.05, 0.1) is 139 Å². The van der Waals surface area contributed by atoms with Gasteiger partial charge >= 0.3 is 12.0 Å². The number of nitrogens with one attached hydrogen (secondary N) is 4. The van der Waals surface area contributed by atoms with Crippen molar-refractivity contribution in [3.05, 3.63) is 71.8 Å². The summed E-state index contributed by atoms with van der Waals surface area (Å²) in [6.45, 7) is 14.6. The maximum Gasteiger partial charge on any atom is 0.312 e. The molecule has 7 amide bonds. The zero-order chi connectivity index (χ0) is 59.4. The molecular weight excluding hydrogens is 1080 g/mol. The molecule has 6 N–H and O–H groups in total. The van der Waals surface area contributed by atoms with Gasteiger partial charge in [0.2, 0.25) is 17.7 Å². The Hall–Kier alpha value is -6.17. The van der Waals surface area contributed by atoms with Crippen LogP contribution in [0, 0.1) is 5.92 Å². The number of nitrogens with zero attached hydrogens (tertiary/aromatic N) is 1. The molecule has 0 spiro atoms. The lowest BCUT2D eigenvalue weighted by Crippen LogP contribution is -2.59. The van der Waals surface area contributed by atoms with Gasteiger partial charge in [-0.05, 0) is 54.2 Å². The highest BCUT2D eigenvalue weighted by Gasteiger charge is 2.38. The van der Waals surface area contributed by atoms with E-state index in [9.17, 15) is 33.6 Å². The zero-order valence-electron chi connectivity index (χ0n) is 47.9. The number of primary amides is 1. The van der Waals surface area contributed by atoms with Crippen LogP contribution >= 0.6 is 0 Å². The summed E-state index contributed by atoms with van der Waals surface area (Å²) in [6.07, 6.45) is 2.37. The maximum atomic E-state index is 14.1. The summed E-state index contributed by atoms with van der Waals surface area (Å²) in [5, 5.41) is 10.6. The normalized spacial score (nSPS) is 13.3. The molecule has 1 heterocycles. The van der Waals surface area contributed by atoms with Crippen LogP contribution in [0.5, 0.6) is 5.75 Å². The molecule has 3 atom stereocenters. The van der Waals surface area contributed by atoms with Gasteiger partial charge < -0.3 is 88.6 Å². The van der Waals surface area contributed by atoms with Crippen molar-refractivity contribution in [2.75, 3.05) is 164 Å². The molecule has 0 bridgehead atoms. The molecule has 3 rings (SSSR count). The first-order valence-corrected chi connectivity index (χ1v) is 27.5. The Labute approximate surface area is 480 Å². The van der Waals surface area contributed by atoms with E-state index in [1.165, 1.54) is 6.92 Å². The predicted molar refractivity (Wildman–Crippen MR) is 297 cm³/mol. The summed E-state index contributed by atoms with van der Waals surface area (Å²) in [5.41, 5.74) is 6.87. The summed E-state index contributed by atoms with van der Waals surface area (Å²) in [7, 11) is 1.63. The molecule has 0 aliphatic carbocycles. The Morgan fingerprint density at radius 2 is 0.963 bits per heavy atom. The largest absolute Gasteiger partial charge is 0.491 e. The third-order valence-corrected chi connectivity index (χ3v) is 11.6. The quantitative estimate of drug-likeness (QED) is 0.0356. The number of carbonyl (C=O) groups is 7. The number of esters is 1. The van der Waals surface area contributed by atoms with Crippen molar-refractivity contribution in [1.82, 2.24) is 20.9 Å². The monoisotopic (exact) mass is 1160 g/mol. The average molecular weight is 1160 g/mol. The topological polar surface area (TPSA) is 317 Å². The first-order chi connectivity index (χ1) is 39.8. The fourth-order valence-corrected chi connectivity index (χ4v) is 7.34. The van der Waals surface area contributed by atoms with Gasteiger partial charge in [0.25, 0.3) is 11.8 Å². The Morgan fingerprint density at radius 1 is 0.537 bits per heavy atom. The van der Waals surface area contributed by atoms with Gasteiger partial charge in [0.1, 0.15) is 37.1 Å². The van der Waals surface area contributed by atoms with E-state index >= 15 is 0 Å². The second-order valence-electron chi connectivity index (χ2n) is 18.4. The molecule has 1 aliphatic heterocycles. The Bertz CT molecular complexity index is 2140. The Morgan fingerprint density at radius 3 is 1.38 bits per heavy atom. The summed E-state index contributed by atoms with van der Waals surface area (Å²) in [6, 6.07) is 8.86. The number of hydrogen-bond donors (Lipinski definition) is 5. The van der Waals surface area contributed by atoms with Crippen LogP contribution in [0.15, 0.2) is 60.7 Å². The maximum absolute atomic E-state index is 14.1. The number of imide groups is 1. The lowest BCUT2D eigenvalue weighted by atomic mass is 9.99. The number of methoxy groups -OCH3 is 1. The highest BCUT2D eigenvalue weighted by Crippen LogP contribution is 2.19. The molecule has 82 heavy (non-hydrogen) atoms. The molecule has 1 aliphatic rings. The number of rotatable bonds is 50. The zero-order valence-corrected chi connectivity index (χ0v) is 47.9. The van der Waals surface area contributed by atoms with Crippen LogP contribution in [-0.2, 0) is 98.6 Å². The first kappa shape index (κ1) is 70.1. The minimum atomic E-state index is -1.35. The van der Waals surface area contributed by atoms with E-state index in [0.717, 1.165) is 17.1 Å². The van der Waals surface area contributed by atoms with Crippen molar-refractivity contribution in [1.29, 1.82) is 0 Å². The molecule has 2 aromatic rings. The minimum Gasteiger partial charge on any atom is -0.491 e. The van der Waals surface area contributed by atoms with E-state index in [1.807, 2.05) is 0 Å². The third kappa shape index (κ3) is 32.5. The van der Waals surface area contributed by atoms with Crippen LogP contribution < -0.4 is 31.7 Å². The number of nitrogens with two attached hydrogens (primary N) is 1. The van der Waals surface area contributed by atoms with Crippen molar-refractivity contribution >= 4 is 47.2 Å². The smallest absolute Gasteiger partial charge is 0.312 e. The molecule has 26 nitrogen and oxygen atoms in total. The molecule has 0 unspecified atom stereocenters. The van der Waals surface area contributed by atoms with Gasteiger partial charge in [-0.3, -0.25) is 33.7 Å². The summed E-state index contributed by atoms with van der Waals surface area (Å²) < 4.78 is 70.6. The molecule has 460 valence electrons. The molecular formula is C56H86N6O20. The number of hydrogen-bond acceptors (Lipinski definition) is 20. The molecule has 0 fully saturated rings. The van der Waals surface area contributed by atoms with Crippen LogP contribution in [-0.4, -0.2) is 224 Å². The van der Waals surface area contributed by atoms with E-state index in [1.54, 1.807) is 69.5 Å². The SMILES string of the molecule is COCCOCCOCCOCCOCCOCCOCCOCCOCCOCCOCCOc1ccc(C[C@@H](C(=O)N[C@H](C(=O)N[C@@H](CCCNC(N)=O)C(=O)Nc2ccc(COC(C)=O)cc2)C(C)C)N2C(=O)C=CC2=O)cc1. The van der Waals surface area contributed by atoms with Crippen LogP contribution in [0.4, 0.5) is 10.5 Å². The molecule has 0 saturated heterocycles. The van der Waals surface area contributed by atoms with Crippen molar-refractivity contribution in [2.45, 2.75) is 64.8 Å². The van der Waals surface area contributed by atoms with E-state index < -0.39 is 65.6 Å². The van der Waals surface area contributed by atoms with Gasteiger partial charge in [-0.25, -0.2) is 4.79 Å². The fourth-order valence-electron chi connectivity index (χ4n) is 7.34. The number of urea groups is 1. The molecule has 0 aromatic heterocycles. The minimum absolute atomic E-state index is 0.0467. The van der Waals surface area contributed by atoms with Crippen molar-refractivity contribution in [3.8, 4) is 5.75 Å². The predicted octanol–water partition coefficient (Wildman–Crippen LogP) is 1.49. The van der Waals surface area contributed by atoms with Crippen LogP contribution in [0.1, 0.15) is 44.7 Å². The molecule has 0 radical (unpaired) electrons. The highest BCUT2D eigenvalue weighted by molar-refractivity contribution is 6.15. The molecule has 2 aromatic carbocycles. The van der Waals surface area contributed by atoms with E-state index in [-0.39, 0.29) is 45.6 Å². The lowest BCUT2D eigenvalue weighted by molar-refractivity contribution is -0.146. The van der Waals surface area contributed by atoms with E-state index in [4.69, 9.17) is 67.3 Å². The fraction of sp³-hybridized carbons (Fsp3) is 0.625. The standard InChI is InChI=1S/C56H86N6O20/c1-42(2)52(55(68)60-48(6-5-17-58-56(57)69)53(66)59-46-11-7-45(8-12-46)41-82-43(3)63)61-54(67)49(62-50(64)15-16-51(62)65)40-44-9-13-47(14-10-44)81-39-38-80-37-36-79-35-34-78-33-32-77-31-30-76-29-28-75-27-26-74-25-24-73-23-22-72-21-20-71-19-18-70-4/h7-16,42,48-49,52H,5-6,17-41H2,1-4H3,(H,59,66)(H,60,68)(H,61,67)(H3,57,58,69)/t48-,49-,52-/m0/s1. The number of benzene rings is 2. The Balaban J connectivity index is 1.28. The summed E-state index contributed by atoms with van der Waals surface area (Å²) in [5.74, 6) is -3.89. The van der Waals surface area contributed by atoms with Crippen LogP contribution in [0.25, 0.3) is 0 Å². The van der Waals surface area contributed by atoms with E-state index in [2.05, 4.69) is 21.3 Å². The van der Waals surface area contributed by atoms with Crippen molar-refractivity contribution in [3.63, 3.8) is 0 Å². The van der Waals surface area contributed by atoms with Gasteiger partial charge in [0, 0.05) is 44.8 Å². The van der Waals surface area contributed by atoms with Crippen LogP contribution in [0.2, 0.25) is 0 Å². The average Bonchev–Trinajstić information content (AvgIpc) is 4.05. The second kappa shape index (κ2) is 44.4. The second-order valence-corrected chi connectivity index (χ2v) is 18.4. The van der Waals surface area contributed by atoms with Crippen LogP contribution in [0.3, 0.4) is 0 Å². The first-order valence-electron chi connectivity index (χ1n) is 27.5. The van der Waals surface area contributed by atoms with Gasteiger partial charge in [-0.15, -0.1) is 0 Å². The molecule has 26 heteroatoms. The molecule has 0 saturated carbocycles. The highest BCUT2D eigenvalue weighted by atomic mass is 16.6. The van der Waals surface area contributed by atoms with Crippen molar-refractivity contribution in [2.24, 2.45) is 11.7 Å². The van der Waals surface area contributed by atoms with Gasteiger partial charge in [-0.2, -0.15) is 0 Å². The number of anilines is 1. The summed E-state index contributed by atoms with van der Waals surface area (Å²) >= 11 is 0. The number of amides is 7. The van der Waals surface area contributed by atoms with Crippen molar-refractivity contribution < 1.29 is 95.1 Å². The number of carbonyl (C=O) groups excluding carboxylic acids is 7. The third-order valence-electron chi connectivity index (χ3n) is 11.6. The summed E-state index contributed by atoms with van der Waals surface area (Å²) in [4.78, 5) is 90.9.